The van der Waals surface area contributed by atoms with E-state index in [1.807, 2.05) is 13.8 Å². The molecule has 0 radical (unpaired) electrons. The molecule has 1 atom stereocenters. The predicted octanol–water partition coefficient (Wildman–Crippen LogP) is 4.31. The Bertz CT molecular complexity index is 811. The molecule has 166 valence electrons. The molecule has 2 aromatic carbocycles. The van der Waals surface area contributed by atoms with Crippen LogP contribution in [0.3, 0.4) is 0 Å². The van der Waals surface area contributed by atoms with Crippen molar-refractivity contribution in [2.45, 2.75) is 20.0 Å². The first kappa shape index (κ1) is 25.6. The summed E-state index contributed by atoms with van der Waals surface area (Å²) in [5.41, 5.74) is 0.710. The Morgan fingerprint density at radius 3 is 2.20 bits per heavy atom. The monoisotopic (exact) mass is 533 g/mol. The molecule has 0 aromatic heterocycles. The van der Waals surface area contributed by atoms with Gasteiger partial charge in [0, 0.05) is 24.4 Å². The van der Waals surface area contributed by atoms with Gasteiger partial charge in [-0.05, 0) is 26.0 Å². The Kier molecular flexibility index (Phi) is 11.1. The number of methoxy groups -OCH3 is 3. The molecule has 0 aliphatic carbocycles. The summed E-state index contributed by atoms with van der Waals surface area (Å²) >= 11 is 0. The van der Waals surface area contributed by atoms with Crippen LogP contribution in [0.15, 0.2) is 41.4 Å². The summed E-state index contributed by atoms with van der Waals surface area (Å²) in [4.78, 5) is 4.52. The average molecular weight is 533 g/mol. The smallest absolute Gasteiger partial charge is 0.203 e. The lowest BCUT2D eigenvalue weighted by atomic mass is 10.2. The fraction of sp³-hybridized carbons (Fsp3) is 0.381. The highest BCUT2D eigenvalue weighted by molar-refractivity contribution is 14.0. The molecule has 0 aliphatic rings. The summed E-state index contributed by atoms with van der Waals surface area (Å²) in [7, 11) is 4.67. The summed E-state index contributed by atoms with van der Waals surface area (Å²) < 4.78 is 35.5. The Hall–Kier alpha value is -2.43. The number of benzene rings is 2. The second kappa shape index (κ2) is 13.0. The van der Waals surface area contributed by atoms with E-state index in [2.05, 4.69) is 15.6 Å². The second-order valence-corrected chi connectivity index (χ2v) is 6.12. The summed E-state index contributed by atoms with van der Waals surface area (Å²) in [5.74, 6) is 1.92. The van der Waals surface area contributed by atoms with E-state index in [9.17, 15) is 4.39 Å². The molecule has 1 unspecified atom stereocenters. The van der Waals surface area contributed by atoms with Crippen molar-refractivity contribution >= 4 is 35.6 Å². The summed E-state index contributed by atoms with van der Waals surface area (Å²) in [6, 6.07) is 9.87. The quantitative estimate of drug-likeness (QED) is 0.285. The van der Waals surface area contributed by atoms with Crippen molar-refractivity contribution in [2.75, 3.05) is 39.7 Å². The average Bonchev–Trinajstić information content (AvgIpc) is 2.73. The standard InChI is InChI=1S/C21H28FN3O4.HI/c1-6-23-21(24-13-14(2)29-17-10-8-7-9-16(17)22)25-15-11-18(26-3)20(28-5)19(12-15)27-4;/h7-12,14H,6,13H2,1-5H3,(H2,23,24,25);1H. The summed E-state index contributed by atoms with van der Waals surface area (Å²) in [6.07, 6.45) is -0.317. The van der Waals surface area contributed by atoms with Crippen molar-refractivity contribution in [3.05, 3.63) is 42.2 Å². The highest BCUT2D eigenvalue weighted by Crippen LogP contribution is 2.39. The number of halogens is 2. The molecule has 0 saturated carbocycles. The number of rotatable bonds is 9. The topological polar surface area (TPSA) is 73.3 Å². The molecule has 0 amide bonds. The minimum Gasteiger partial charge on any atom is -0.493 e. The highest BCUT2D eigenvalue weighted by atomic mass is 127. The number of aliphatic imine (C=N–C) groups is 1. The van der Waals surface area contributed by atoms with E-state index in [0.717, 1.165) is 0 Å². The van der Waals surface area contributed by atoms with Crippen LogP contribution in [0.5, 0.6) is 23.0 Å². The number of ether oxygens (including phenoxy) is 4. The van der Waals surface area contributed by atoms with E-state index in [1.54, 1.807) is 51.7 Å². The number of hydrogen-bond acceptors (Lipinski definition) is 5. The number of para-hydroxylation sites is 1. The van der Waals surface area contributed by atoms with Gasteiger partial charge < -0.3 is 29.6 Å². The Morgan fingerprint density at radius 2 is 1.67 bits per heavy atom. The Morgan fingerprint density at radius 1 is 1.03 bits per heavy atom. The van der Waals surface area contributed by atoms with Crippen LogP contribution in [0.2, 0.25) is 0 Å². The zero-order chi connectivity index (χ0) is 21.2. The van der Waals surface area contributed by atoms with Crippen LogP contribution in [0.4, 0.5) is 10.1 Å². The van der Waals surface area contributed by atoms with Gasteiger partial charge in [-0.15, -0.1) is 24.0 Å². The van der Waals surface area contributed by atoms with Crippen LogP contribution in [0.1, 0.15) is 13.8 Å². The molecule has 0 fully saturated rings. The molecule has 0 spiro atoms. The molecule has 0 aliphatic heterocycles. The molecular formula is C21H29FIN3O4. The van der Waals surface area contributed by atoms with E-state index in [4.69, 9.17) is 18.9 Å². The maximum Gasteiger partial charge on any atom is 0.203 e. The molecule has 2 N–H and O–H groups in total. The lowest BCUT2D eigenvalue weighted by Crippen LogP contribution is -2.32. The lowest BCUT2D eigenvalue weighted by Gasteiger charge is -2.17. The molecule has 2 aromatic rings. The van der Waals surface area contributed by atoms with Gasteiger partial charge >= 0.3 is 0 Å². The van der Waals surface area contributed by atoms with Gasteiger partial charge in [0.25, 0.3) is 0 Å². The lowest BCUT2D eigenvalue weighted by molar-refractivity contribution is 0.220. The number of anilines is 1. The van der Waals surface area contributed by atoms with Crippen molar-refractivity contribution in [1.82, 2.24) is 5.32 Å². The minimum absolute atomic E-state index is 0. The third-order valence-electron chi connectivity index (χ3n) is 3.94. The maximum absolute atomic E-state index is 13.7. The summed E-state index contributed by atoms with van der Waals surface area (Å²) in [6.45, 7) is 4.79. The Labute approximate surface area is 194 Å². The normalized spacial score (nSPS) is 11.7. The first-order valence-electron chi connectivity index (χ1n) is 9.28. The van der Waals surface area contributed by atoms with Crippen molar-refractivity contribution in [1.29, 1.82) is 0 Å². The predicted molar refractivity (Wildman–Crippen MR) is 128 cm³/mol. The summed E-state index contributed by atoms with van der Waals surface area (Å²) in [5, 5.41) is 6.37. The Balaban J connectivity index is 0.00000450. The number of nitrogens with one attached hydrogen (secondary N) is 2. The molecule has 0 saturated heterocycles. The fourth-order valence-electron chi connectivity index (χ4n) is 2.61. The van der Waals surface area contributed by atoms with Gasteiger partial charge in [-0.25, -0.2) is 9.38 Å². The van der Waals surface area contributed by atoms with Gasteiger partial charge in [0.15, 0.2) is 29.0 Å². The zero-order valence-corrected chi connectivity index (χ0v) is 20.2. The van der Waals surface area contributed by atoms with Crippen LogP contribution in [0, 0.1) is 5.82 Å². The molecule has 2 rings (SSSR count). The van der Waals surface area contributed by atoms with Gasteiger partial charge in [-0.1, -0.05) is 12.1 Å². The van der Waals surface area contributed by atoms with Gasteiger partial charge in [0.1, 0.15) is 6.10 Å². The largest absolute Gasteiger partial charge is 0.493 e. The third-order valence-corrected chi connectivity index (χ3v) is 3.94. The van der Waals surface area contributed by atoms with Crippen molar-refractivity contribution in [3.8, 4) is 23.0 Å². The van der Waals surface area contributed by atoms with E-state index in [-0.39, 0.29) is 35.8 Å². The maximum atomic E-state index is 13.7. The van der Waals surface area contributed by atoms with Crippen LogP contribution >= 0.6 is 24.0 Å². The number of guanidine groups is 1. The van der Waals surface area contributed by atoms with Crippen molar-refractivity contribution < 1.29 is 23.3 Å². The van der Waals surface area contributed by atoms with E-state index < -0.39 is 5.82 Å². The second-order valence-electron chi connectivity index (χ2n) is 6.12. The van der Waals surface area contributed by atoms with Crippen molar-refractivity contribution in [2.24, 2.45) is 4.99 Å². The molecule has 9 heteroatoms. The zero-order valence-electron chi connectivity index (χ0n) is 17.8. The number of hydrogen-bond donors (Lipinski definition) is 2. The van der Waals surface area contributed by atoms with Gasteiger partial charge in [0.2, 0.25) is 5.75 Å². The van der Waals surface area contributed by atoms with E-state index in [1.165, 1.54) is 6.07 Å². The van der Waals surface area contributed by atoms with Crippen LogP contribution in [-0.4, -0.2) is 46.5 Å². The van der Waals surface area contributed by atoms with E-state index >= 15 is 0 Å². The molecular weight excluding hydrogens is 504 g/mol. The van der Waals surface area contributed by atoms with Crippen LogP contribution in [0.25, 0.3) is 0 Å². The first-order chi connectivity index (χ1) is 14.0. The van der Waals surface area contributed by atoms with E-state index in [0.29, 0.717) is 42.0 Å². The van der Waals surface area contributed by atoms with Gasteiger partial charge in [-0.3, -0.25) is 0 Å². The molecule has 0 bridgehead atoms. The van der Waals surface area contributed by atoms with Crippen LogP contribution in [-0.2, 0) is 0 Å². The highest BCUT2D eigenvalue weighted by Gasteiger charge is 2.14. The van der Waals surface area contributed by atoms with Crippen molar-refractivity contribution in [3.63, 3.8) is 0 Å². The third kappa shape index (κ3) is 7.12. The van der Waals surface area contributed by atoms with Gasteiger partial charge in [0.05, 0.1) is 27.9 Å². The molecule has 30 heavy (non-hydrogen) atoms. The molecule has 0 heterocycles. The minimum atomic E-state index is -0.397. The first-order valence-corrected chi connectivity index (χ1v) is 9.28. The SMILES string of the molecule is CCNC(=NCC(C)Oc1ccccc1F)Nc1cc(OC)c(OC)c(OC)c1.I. The number of nitrogens with zero attached hydrogens (tertiary/aromatic N) is 1. The van der Waals surface area contributed by atoms with Gasteiger partial charge in [-0.2, -0.15) is 0 Å². The van der Waals surface area contributed by atoms with Crippen LogP contribution < -0.4 is 29.6 Å². The molecule has 7 nitrogen and oxygen atoms in total. The fourth-order valence-corrected chi connectivity index (χ4v) is 2.61.